The molecule has 0 saturated heterocycles. The minimum Gasteiger partial charge on any atom is -0.368 e. The lowest BCUT2D eigenvalue weighted by molar-refractivity contribution is -0.154. The molecule has 0 radical (unpaired) electrons. The largest absolute Gasteiger partial charge is 0.368 e. The smallest absolute Gasteiger partial charge is 0.152 e. The van der Waals surface area contributed by atoms with Crippen LogP contribution in [0.25, 0.3) is 0 Å². The highest BCUT2D eigenvalue weighted by Gasteiger charge is 2.11. The Hall–Kier alpha value is -0.0800. The summed E-state index contributed by atoms with van der Waals surface area (Å²) in [5, 5.41) is 8.67. The number of aliphatic hydroxyl groups is 1. The van der Waals surface area contributed by atoms with E-state index in [1.54, 1.807) is 6.92 Å². The molecule has 0 fully saturated rings. The van der Waals surface area contributed by atoms with Crippen LogP contribution in [0, 0.1) is 0 Å². The van der Waals surface area contributed by atoms with Crippen LogP contribution >= 0.6 is 0 Å². The van der Waals surface area contributed by atoms with Gasteiger partial charge in [-0.2, -0.15) is 0 Å². The third-order valence-electron chi connectivity index (χ3n) is 0.524. The van der Waals surface area contributed by atoms with Gasteiger partial charge < -0.3 is 9.84 Å². The lowest BCUT2D eigenvalue weighted by atomic mass is 10.2. The molecule has 1 N–H and O–H groups in total. The van der Waals surface area contributed by atoms with Crippen molar-refractivity contribution >= 4 is 0 Å². The topological polar surface area (TPSA) is 29.5 Å². The first-order chi connectivity index (χ1) is 3.42. The second-order valence-electron chi connectivity index (χ2n) is 2.83. The number of hydrogen-bond donors (Lipinski definition) is 1. The van der Waals surface area contributed by atoms with Crippen LogP contribution in [0.4, 0.5) is 0 Å². The van der Waals surface area contributed by atoms with E-state index in [0.29, 0.717) is 0 Å². The van der Waals surface area contributed by atoms with E-state index in [9.17, 15) is 0 Å². The van der Waals surface area contributed by atoms with Crippen molar-refractivity contribution in [2.24, 2.45) is 0 Å². The molecule has 2 heteroatoms. The quantitative estimate of drug-likeness (QED) is 0.523. The third-order valence-corrected chi connectivity index (χ3v) is 0.524. The molecule has 0 rings (SSSR count). The predicted octanol–water partition coefficient (Wildman–Crippen LogP) is 1.14. The Morgan fingerprint density at radius 3 is 1.75 bits per heavy atom. The molecular weight excluding hydrogens is 104 g/mol. The standard InChI is InChI=1S/C6H14O2/c1-5(7)8-6(2,3)4/h5,7H,1-4H3/t5-/m0/s1. The van der Waals surface area contributed by atoms with Crippen molar-refractivity contribution in [3.05, 3.63) is 0 Å². The highest BCUT2D eigenvalue weighted by atomic mass is 16.6. The van der Waals surface area contributed by atoms with Crippen molar-refractivity contribution in [1.82, 2.24) is 0 Å². The summed E-state index contributed by atoms with van der Waals surface area (Å²) in [6.07, 6.45) is -0.657. The molecule has 0 saturated carbocycles. The highest BCUT2D eigenvalue weighted by molar-refractivity contribution is 4.57. The van der Waals surface area contributed by atoms with Gasteiger partial charge in [0.2, 0.25) is 0 Å². The molecule has 0 aliphatic carbocycles. The molecule has 8 heavy (non-hydrogen) atoms. The van der Waals surface area contributed by atoms with Crippen LogP contribution in [-0.4, -0.2) is 17.0 Å². The van der Waals surface area contributed by atoms with Gasteiger partial charge in [0.25, 0.3) is 0 Å². The summed E-state index contributed by atoms with van der Waals surface area (Å²) in [6.45, 7) is 7.31. The van der Waals surface area contributed by atoms with Gasteiger partial charge in [0.15, 0.2) is 6.29 Å². The van der Waals surface area contributed by atoms with Gasteiger partial charge in [0, 0.05) is 0 Å². The first-order valence-corrected chi connectivity index (χ1v) is 2.78. The molecule has 0 aromatic carbocycles. The average molecular weight is 118 g/mol. The SMILES string of the molecule is C[C@@H](O)OC(C)(C)C. The number of hydrogen-bond acceptors (Lipinski definition) is 2. The van der Waals surface area contributed by atoms with Gasteiger partial charge in [-0.25, -0.2) is 0 Å². The van der Waals surface area contributed by atoms with Gasteiger partial charge in [0.1, 0.15) is 0 Å². The fraction of sp³-hybridized carbons (Fsp3) is 1.00. The first kappa shape index (κ1) is 7.92. The fourth-order valence-electron chi connectivity index (χ4n) is 0.512. The molecule has 0 amide bonds. The summed E-state index contributed by atoms with van der Waals surface area (Å²) in [7, 11) is 0. The van der Waals surface area contributed by atoms with Crippen LogP contribution in [0.3, 0.4) is 0 Å². The van der Waals surface area contributed by atoms with Crippen molar-refractivity contribution in [3.63, 3.8) is 0 Å². The zero-order chi connectivity index (χ0) is 6.78. The molecule has 0 heterocycles. The second-order valence-corrected chi connectivity index (χ2v) is 2.83. The molecule has 0 aliphatic heterocycles. The van der Waals surface area contributed by atoms with Gasteiger partial charge in [-0.1, -0.05) is 0 Å². The molecule has 0 aromatic rings. The Balaban J connectivity index is 3.39. The predicted molar refractivity (Wildman–Crippen MR) is 32.5 cm³/mol. The van der Waals surface area contributed by atoms with Crippen molar-refractivity contribution < 1.29 is 9.84 Å². The van der Waals surface area contributed by atoms with Crippen LogP contribution in [0.15, 0.2) is 0 Å². The van der Waals surface area contributed by atoms with Crippen molar-refractivity contribution in [2.45, 2.75) is 39.6 Å². The van der Waals surface area contributed by atoms with Crippen molar-refractivity contribution in [2.75, 3.05) is 0 Å². The van der Waals surface area contributed by atoms with E-state index in [2.05, 4.69) is 0 Å². The molecule has 0 spiro atoms. The highest BCUT2D eigenvalue weighted by Crippen LogP contribution is 2.07. The van der Waals surface area contributed by atoms with E-state index < -0.39 is 6.29 Å². The zero-order valence-corrected chi connectivity index (χ0v) is 5.93. The summed E-state index contributed by atoms with van der Waals surface area (Å²) in [6, 6.07) is 0. The maximum Gasteiger partial charge on any atom is 0.152 e. The second kappa shape index (κ2) is 2.46. The van der Waals surface area contributed by atoms with Crippen LogP contribution in [-0.2, 0) is 4.74 Å². The molecule has 1 atom stereocenters. The summed E-state index contributed by atoms with van der Waals surface area (Å²) in [4.78, 5) is 0. The number of ether oxygens (including phenoxy) is 1. The van der Waals surface area contributed by atoms with Gasteiger partial charge in [0.05, 0.1) is 5.60 Å². The van der Waals surface area contributed by atoms with E-state index in [4.69, 9.17) is 9.84 Å². The molecule has 2 nitrogen and oxygen atoms in total. The van der Waals surface area contributed by atoms with Gasteiger partial charge in [-0.15, -0.1) is 0 Å². The minimum atomic E-state index is -0.657. The third kappa shape index (κ3) is 5.92. The molecule has 0 aromatic heterocycles. The molecular formula is C6H14O2. The maximum atomic E-state index is 8.67. The molecule has 0 aliphatic rings. The molecule has 0 bridgehead atoms. The molecule has 50 valence electrons. The number of rotatable bonds is 1. The van der Waals surface area contributed by atoms with E-state index in [1.807, 2.05) is 20.8 Å². The van der Waals surface area contributed by atoms with E-state index in [-0.39, 0.29) is 5.60 Å². The number of aliphatic hydroxyl groups excluding tert-OH is 1. The van der Waals surface area contributed by atoms with Crippen molar-refractivity contribution in [3.8, 4) is 0 Å². The van der Waals surface area contributed by atoms with Crippen LogP contribution in [0.5, 0.6) is 0 Å². The average Bonchev–Trinajstić information content (AvgIpc) is 1.21. The Labute approximate surface area is 50.5 Å². The normalized spacial score (nSPS) is 16.1. The Morgan fingerprint density at radius 1 is 1.38 bits per heavy atom. The van der Waals surface area contributed by atoms with Gasteiger partial charge in [-0.3, -0.25) is 0 Å². The lowest BCUT2D eigenvalue weighted by Gasteiger charge is -2.21. The van der Waals surface area contributed by atoms with E-state index >= 15 is 0 Å². The summed E-state index contributed by atoms with van der Waals surface area (Å²) >= 11 is 0. The Morgan fingerprint density at radius 2 is 1.75 bits per heavy atom. The zero-order valence-electron chi connectivity index (χ0n) is 5.93. The summed E-state index contributed by atoms with van der Waals surface area (Å²) < 4.78 is 4.99. The van der Waals surface area contributed by atoms with E-state index in [1.165, 1.54) is 0 Å². The first-order valence-electron chi connectivity index (χ1n) is 2.78. The fourth-order valence-corrected chi connectivity index (χ4v) is 0.512. The van der Waals surface area contributed by atoms with Crippen LogP contribution in [0.2, 0.25) is 0 Å². The monoisotopic (exact) mass is 118 g/mol. The van der Waals surface area contributed by atoms with E-state index in [0.717, 1.165) is 0 Å². The maximum absolute atomic E-state index is 8.67. The Kier molecular flexibility index (Phi) is 2.44. The van der Waals surface area contributed by atoms with Crippen molar-refractivity contribution in [1.29, 1.82) is 0 Å². The summed E-state index contributed by atoms with van der Waals surface area (Å²) in [5.74, 6) is 0. The van der Waals surface area contributed by atoms with Gasteiger partial charge >= 0.3 is 0 Å². The lowest BCUT2D eigenvalue weighted by Crippen LogP contribution is -2.24. The van der Waals surface area contributed by atoms with Crippen LogP contribution < -0.4 is 0 Å². The molecule has 0 unspecified atom stereocenters. The summed E-state index contributed by atoms with van der Waals surface area (Å²) in [5.41, 5.74) is -0.228. The Bertz CT molecular complexity index is 61.4. The minimum absolute atomic E-state index is 0.228. The van der Waals surface area contributed by atoms with Crippen LogP contribution in [0.1, 0.15) is 27.7 Å². The van der Waals surface area contributed by atoms with Gasteiger partial charge in [-0.05, 0) is 27.7 Å².